The van der Waals surface area contributed by atoms with Gasteiger partial charge in [0.2, 0.25) is 11.8 Å². The number of primary amides is 1. The molecule has 8 nitrogen and oxygen atoms in total. The molecule has 0 bridgehead atoms. The van der Waals surface area contributed by atoms with Crippen molar-refractivity contribution < 1.29 is 22.7 Å². The SMILES string of the molecule is NC(=O)[C@H]1CS(=O)(=O)CN1C(=O)c1ccc(C2CC2)c(OCC2CC2)n1. The molecule has 3 aliphatic rings. The fourth-order valence-electron chi connectivity index (χ4n) is 3.14. The molecule has 1 atom stereocenters. The van der Waals surface area contributed by atoms with E-state index in [1.807, 2.05) is 6.07 Å². The number of amides is 2. The topological polar surface area (TPSA) is 120 Å². The molecule has 1 saturated heterocycles. The third-order valence-electron chi connectivity index (χ3n) is 4.99. The van der Waals surface area contributed by atoms with E-state index in [4.69, 9.17) is 10.5 Å². The normalized spacial score (nSPS) is 24.5. The second-order valence-corrected chi connectivity index (χ2v) is 9.43. The van der Waals surface area contributed by atoms with Crippen LogP contribution in [0.1, 0.15) is 47.7 Å². The first-order chi connectivity index (χ1) is 12.3. The highest BCUT2D eigenvalue weighted by atomic mass is 32.2. The molecule has 1 aromatic rings. The van der Waals surface area contributed by atoms with Gasteiger partial charge in [-0.15, -0.1) is 0 Å². The van der Waals surface area contributed by atoms with Gasteiger partial charge in [-0.05, 0) is 43.6 Å². The van der Waals surface area contributed by atoms with Crippen LogP contribution in [0.15, 0.2) is 12.1 Å². The van der Waals surface area contributed by atoms with E-state index in [9.17, 15) is 18.0 Å². The van der Waals surface area contributed by atoms with Gasteiger partial charge in [-0.3, -0.25) is 9.59 Å². The van der Waals surface area contributed by atoms with Gasteiger partial charge in [-0.25, -0.2) is 13.4 Å². The van der Waals surface area contributed by atoms with Crippen LogP contribution < -0.4 is 10.5 Å². The summed E-state index contributed by atoms with van der Waals surface area (Å²) < 4.78 is 29.5. The maximum Gasteiger partial charge on any atom is 0.274 e. The van der Waals surface area contributed by atoms with Crippen molar-refractivity contribution in [1.82, 2.24) is 9.88 Å². The molecule has 2 saturated carbocycles. The van der Waals surface area contributed by atoms with Gasteiger partial charge in [-0.1, -0.05) is 6.07 Å². The van der Waals surface area contributed by atoms with Crippen LogP contribution in [0.2, 0.25) is 0 Å². The van der Waals surface area contributed by atoms with Crippen LogP contribution in [0.5, 0.6) is 5.88 Å². The number of carbonyl (C=O) groups excluding carboxylic acids is 2. The Morgan fingerprint density at radius 2 is 1.96 bits per heavy atom. The van der Waals surface area contributed by atoms with Crippen LogP contribution in [0, 0.1) is 5.92 Å². The maximum absolute atomic E-state index is 12.8. The minimum absolute atomic E-state index is 0.0727. The number of hydrogen-bond donors (Lipinski definition) is 1. The van der Waals surface area contributed by atoms with E-state index >= 15 is 0 Å². The lowest BCUT2D eigenvalue weighted by Crippen LogP contribution is -2.45. The number of carbonyl (C=O) groups is 2. The zero-order valence-corrected chi connectivity index (χ0v) is 15.1. The maximum atomic E-state index is 12.8. The standard InChI is InChI=1S/C17H21N3O5S/c18-15(21)14-8-26(23,24)9-20(14)17(22)13-6-5-12(11-3-4-11)16(19-13)25-7-10-1-2-10/h5-6,10-11,14H,1-4,7-9H2,(H2,18,21)/t14-/m1/s1. The molecule has 0 radical (unpaired) electrons. The fraction of sp³-hybridized carbons (Fsp3) is 0.588. The number of ether oxygens (including phenoxy) is 1. The molecule has 2 heterocycles. The molecule has 26 heavy (non-hydrogen) atoms. The summed E-state index contributed by atoms with van der Waals surface area (Å²) in [5.74, 6) is -1.02. The molecule has 140 valence electrons. The van der Waals surface area contributed by atoms with E-state index in [2.05, 4.69) is 4.98 Å². The lowest BCUT2D eigenvalue weighted by molar-refractivity contribution is -0.121. The first kappa shape index (κ1) is 17.3. The van der Waals surface area contributed by atoms with E-state index < -0.39 is 39.3 Å². The van der Waals surface area contributed by atoms with Crippen LogP contribution in [0.3, 0.4) is 0 Å². The molecule has 2 N–H and O–H groups in total. The Hall–Kier alpha value is -2.16. The van der Waals surface area contributed by atoms with Crippen molar-refractivity contribution in [2.24, 2.45) is 11.7 Å². The zero-order valence-electron chi connectivity index (χ0n) is 14.3. The predicted octanol–water partition coefficient (Wildman–Crippen LogP) is 0.430. The molecule has 1 aromatic heterocycles. The quantitative estimate of drug-likeness (QED) is 0.765. The van der Waals surface area contributed by atoms with Gasteiger partial charge in [0, 0.05) is 5.56 Å². The van der Waals surface area contributed by atoms with Crippen LogP contribution >= 0.6 is 0 Å². The number of nitrogens with zero attached hydrogens (tertiary/aromatic N) is 2. The van der Waals surface area contributed by atoms with Crippen molar-refractivity contribution in [3.05, 3.63) is 23.4 Å². The smallest absolute Gasteiger partial charge is 0.274 e. The Kier molecular flexibility index (Phi) is 4.13. The number of nitrogens with two attached hydrogens (primary N) is 1. The molecule has 9 heteroatoms. The molecule has 1 aliphatic heterocycles. The highest BCUT2D eigenvalue weighted by Gasteiger charge is 2.42. The largest absolute Gasteiger partial charge is 0.477 e. The molecule has 0 unspecified atom stereocenters. The molecule has 2 aliphatic carbocycles. The summed E-state index contributed by atoms with van der Waals surface area (Å²) in [5.41, 5.74) is 6.33. The monoisotopic (exact) mass is 379 g/mol. The Morgan fingerprint density at radius 3 is 2.58 bits per heavy atom. The van der Waals surface area contributed by atoms with Crippen LogP contribution in [-0.2, 0) is 14.6 Å². The molecule has 2 amide bonds. The highest BCUT2D eigenvalue weighted by Crippen LogP contribution is 2.44. The van der Waals surface area contributed by atoms with Gasteiger partial charge in [0.25, 0.3) is 5.91 Å². The van der Waals surface area contributed by atoms with Gasteiger partial charge in [0.1, 0.15) is 17.6 Å². The molecule has 3 fully saturated rings. The average Bonchev–Trinajstić information content (AvgIpc) is 3.49. The van der Waals surface area contributed by atoms with Crippen molar-refractivity contribution in [3.63, 3.8) is 0 Å². The summed E-state index contributed by atoms with van der Waals surface area (Å²) in [5, 5.41) is 0. The molecule has 0 aromatic carbocycles. The Bertz CT molecular complexity index is 861. The molecular formula is C17H21N3O5S. The summed E-state index contributed by atoms with van der Waals surface area (Å²) in [6, 6.07) is 2.24. The first-order valence-corrected chi connectivity index (χ1v) is 10.6. The minimum Gasteiger partial charge on any atom is -0.477 e. The third-order valence-corrected chi connectivity index (χ3v) is 6.49. The van der Waals surface area contributed by atoms with Gasteiger partial charge in [0.15, 0.2) is 9.84 Å². The Balaban J connectivity index is 1.60. The Labute approximate surface area is 151 Å². The zero-order chi connectivity index (χ0) is 18.5. The van der Waals surface area contributed by atoms with E-state index in [-0.39, 0.29) is 5.69 Å². The summed E-state index contributed by atoms with van der Waals surface area (Å²) >= 11 is 0. The lowest BCUT2D eigenvalue weighted by Gasteiger charge is -2.20. The molecule has 4 rings (SSSR count). The second-order valence-electron chi connectivity index (χ2n) is 7.35. The third kappa shape index (κ3) is 3.53. The van der Waals surface area contributed by atoms with Crippen molar-refractivity contribution in [1.29, 1.82) is 0 Å². The number of rotatable bonds is 6. The highest BCUT2D eigenvalue weighted by molar-refractivity contribution is 7.91. The predicted molar refractivity (Wildman–Crippen MR) is 92.2 cm³/mol. The summed E-state index contributed by atoms with van der Waals surface area (Å²) in [6.45, 7) is 0.576. The number of sulfone groups is 1. The lowest BCUT2D eigenvalue weighted by atomic mass is 10.1. The fourth-order valence-corrected chi connectivity index (χ4v) is 4.79. The summed E-state index contributed by atoms with van der Waals surface area (Å²) in [6.07, 6.45) is 4.43. The van der Waals surface area contributed by atoms with Crippen LogP contribution in [0.4, 0.5) is 0 Å². The molecule has 0 spiro atoms. The van der Waals surface area contributed by atoms with Gasteiger partial charge >= 0.3 is 0 Å². The number of aromatic nitrogens is 1. The summed E-state index contributed by atoms with van der Waals surface area (Å²) in [4.78, 5) is 29.7. The Morgan fingerprint density at radius 1 is 1.23 bits per heavy atom. The van der Waals surface area contributed by atoms with Crippen LogP contribution in [-0.4, -0.2) is 54.4 Å². The van der Waals surface area contributed by atoms with Crippen molar-refractivity contribution >= 4 is 21.7 Å². The number of pyridine rings is 1. The van der Waals surface area contributed by atoms with Crippen molar-refractivity contribution in [3.8, 4) is 5.88 Å². The van der Waals surface area contributed by atoms with Gasteiger partial charge in [0.05, 0.1) is 12.4 Å². The van der Waals surface area contributed by atoms with Gasteiger partial charge < -0.3 is 15.4 Å². The van der Waals surface area contributed by atoms with E-state index in [0.29, 0.717) is 24.3 Å². The van der Waals surface area contributed by atoms with Crippen LogP contribution in [0.25, 0.3) is 0 Å². The van der Waals surface area contributed by atoms with Crippen molar-refractivity contribution in [2.45, 2.75) is 37.6 Å². The average molecular weight is 379 g/mol. The van der Waals surface area contributed by atoms with E-state index in [1.165, 1.54) is 0 Å². The second kappa shape index (κ2) is 6.22. The number of hydrogen-bond acceptors (Lipinski definition) is 6. The van der Waals surface area contributed by atoms with Crippen molar-refractivity contribution in [2.75, 3.05) is 18.2 Å². The molecular weight excluding hydrogens is 358 g/mol. The van der Waals surface area contributed by atoms with E-state index in [0.717, 1.165) is 36.1 Å². The summed E-state index contributed by atoms with van der Waals surface area (Å²) in [7, 11) is -3.53. The minimum atomic E-state index is -3.53. The van der Waals surface area contributed by atoms with E-state index in [1.54, 1.807) is 6.07 Å². The van der Waals surface area contributed by atoms with Gasteiger partial charge in [-0.2, -0.15) is 0 Å². The first-order valence-electron chi connectivity index (χ1n) is 8.78.